The van der Waals surface area contributed by atoms with Crippen molar-refractivity contribution in [3.8, 4) is 11.4 Å². The number of aromatic nitrogens is 3. The van der Waals surface area contributed by atoms with Crippen molar-refractivity contribution in [3.05, 3.63) is 30.1 Å². The fraction of sp³-hybridized carbons (Fsp3) is 0.250. The molecule has 9 heteroatoms. The number of rotatable bonds is 5. The van der Waals surface area contributed by atoms with Gasteiger partial charge in [0.2, 0.25) is 10.0 Å². The summed E-state index contributed by atoms with van der Waals surface area (Å²) in [7, 11) is -4.05. The maximum Gasteiger partial charge on any atom is 0.323 e. The van der Waals surface area contributed by atoms with E-state index in [4.69, 9.17) is 5.11 Å². The lowest BCUT2D eigenvalue weighted by Gasteiger charge is -2.13. The molecule has 2 aromatic rings. The van der Waals surface area contributed by atoms with Crippen LogP contribution in [0.5, 0.6) is 0 Å². The summed E-state index contributed by atoms with van der Waals surface area (Å²) in [6, 6.07) is 6.50. The first-order valence-corrected chi connectivity index (χ1v) is 7.59. The number of aliphatic carboxylic acids is 1. The molecule has 0 aliphatic rings. The molecule has 0 saturated heterocycles. The van der Waals surface area contributed by atoms with Gasteiger partial charge in [0.1, 0.15) is 5.82 Å². The highest BCUT2D eigenvalue weighted by Gasteiger charge is 2.28. The van der Waals surface area contributed by atoms with Gasteiger partial charge in [0, 0.05) is 5.56 Å². The van der Waals surface area contributed by atoms with Crippen LogP contribution >= 0.6 is 0 Å². The number of carboxylic acids is 1. The third-order valence-corrected chi connectivity index (χ3v) is 4.47. The highest BCUT2D eigenvalue weighted by molar-refractivity contribution is 7.94. The number of benzene rings is 1. The third-order valence-electron chi connectivity index (χ3n) is 2.83. The molecule has 112 valence electrons. The summed E-state index contributed by atoms with van der Waals surface area (Å²) in [5.74, 6) is -0.510. The molecular formula is C12H14N4O4S. The second-order valence-electron chi connectivity index (χ2n) is 4.42. The zero-order chi connectivity index (χ0) is 15.6. The topological polar surface area (TPSA) is 125 Å². The Balaban J connectivity index is 2.40. The number of aromatic amines is 1. The highest BCUT2D eigenvalue weighted by atomic mass is 32.2. The number of anilines is 1. The van der Waals surface area contributed by atoms with E-state index < -0.39 is 21.2 Å². The first-order valence-electron chi connectivity index (χ1n) is 6.04. The second-order valence-corrected chi connectivity index (χ2v) is 6.42. The monoisotopic (exact) mass is 310 g/mol. The summed E-state index contributed by atoms with van der Waals surface area (Å²) in [6.07, 6.45) is 0. The summed E-state index contributed by atoms with van der Waals surface area (Å²) in [6.45, 7) is 2.82. The maximum atomic E-state index is 12.0. The Hall–Kier alpha value is -2.42. The van der Waals surface area contributed by atoms with Crippen molar-refractivity contribution < 1.29 is 18.3 Å². The number of para-hydroxylation sites is 1. The van der Waals surface area contributed by atoms with E-state index in [1.54, 1.807) is 25.1 Å². The number of nitrogens with zero attached hydrogens (tertiary/aromatic N) is 2. The van der Waals surface area contributed by atoms with Crippen LogP contribution in [0.2, 0.25) is 0 Å². The van der Waals surface area contributed by atoms with Gasteiger partial charge in [-0.05, 0) is 26.0 Å². The molecule has 0 spiro atoms. The van der Waals surface area contributed by atoms with Gasteiger partial charge >= 0.3 is 5.97 Å². The minimum Gasteiger partial charge on any atom is -0.480 e. The summed E-state index contributed by atoms with van der Waals surface area (Å²) < 4.78 is 26.3. The number of nitrogens with one attached hydrogen (secondary N) is 2. The Morgan fingerprint density at radius 1 is 1.38 bits per heavy atom. The molecule has 8 nitrogen and oxygen atoms in total. The first kappa shape index (κ1) is 15.0. The SMILES string of the molecule is Cc1nc(-c2ccccc2NS(=O)(=O)C(C)C(=O)O)n[nH]1. The molecule has 1 aromatic heterocycles. The summed E-state index contributed by atoms with van der Waals surface area (Å²) >= 11 is 0. The van der Waals surface area contributed by atoms with E-state index in [-0.39, 0.29) is 5.69 Å². The van der Waals surface area contributed by atoms with Crippen LogP contribution in [-0.4, -0.2) is 39.9 Å². The number of aryl methyl sites for hydroxylation is 1. The van der Waals surface area contributed by atoms with E-state index in [2.05, 4.69) is 19.9 Å². The number of carboxylic acid groups (broad SMARTS) is 1. The van der Waals surface area contributed by atoms with Crippen molar-refractivity contribution in [2.45, 2.75) is 19.1 Å². The summed E-state index contributed by atoms with van der Waals surface area (Å²) in [4.78, 5) is 15.0. The lowest BCUT2D eigenvalue weighted by molar-refractivity contribution is -0.136. The van der Waals surface area contributed by atoms with Crippen LogP contribution in [0, 0.1) is 6.92 Å². The Labute approximate surface area is 121 Å². The Morgan fingerprint density at radius 2 is 2.05 bits per heavy atom. The van der Waals surface area contributed by atoms with E-state index in [0.29, 0.717) is 17.2 Å². The smallest absolute Gasteiger partial charge is 0.323 e. The van der Waals surface area contributed by atoms with Gasteiger partial charge in [-0.3, -0.25) is 14.6 Å². The van der Waals surface area contributed by atoms with Crippen LogP contribution in [0.3, 0.4) is 0 Å². The van der Waals surface area contributed by atoms with Crippen molar-refractivity contribution in [3.63, 3.8) is 0 Å². The van der Waals surface area contributed by atoms with E-state index in [0.717, 1.165) is 6.92 Å². The molecule has 0 aliphatic heterocycles. The number of hydrogen-bond acceptors (Lipinski definition) is 5. The molecule has 1 heterocycles. The van der Waals surface area contributed by atoms with Crippen molar-refractivity contribution in [2.24, 2.45) is 0 Å². The van der Waals surface area contributed by atoms with Gasteiger partial charge in [-0.15, -0.1) is 0 Å². The van der Waals surface area contributed by atoms with Crippen LogP contribution in [0.25, 0.3) is 11.4 Å². The number of carbonyl (C=O) groups is 1. The molecule has 2 rings (SSSR count). The van der Waals surface area contributed by atoms with Gasteiger partial charge < -0.3 is 5.11 Å². The highest BCUT2D eigenvalue weighted by Crippen LogP contribution is 2.26. The van der Waals surface area contributed by atoms with Crippen LogP contribution in [0.15, 0.2) is 24.3 Å². The standard InChI is InChI=1S/C12H14N4O4S/c1-7(12(17)18)21(19,20)16-10-6-4-3-5-9(10)11-13-8(2)14-15-11/h3-7,16H,1-2H3,(H,17,18)(H,13,14,15). The van der Waals surface area contributed by atoms with Crippen molar-refractivity contribution in [1.82, 2.24) is 15.2 Å². The first-order chi connectivity index (χ1) is 9.81. The molecule has 3 N–H and O–H groups in total. The lowest BCUT2D eigenvalue weighted by atomic mass is 10.2. The molecular weight excluding hydrogens is 296 g/mol. The Bertz CT molecular complexity index is 769. The van der Waals surface area contributed by atoms with Crippen molar-refractivity contribution in [2.75, 3.05) is 4.72 Å². The average Bonchev–Trinajstić information content (AvgIpc) is 2.84. The molecule has 0 aliphatic carbocycles. The molecule has 1 unspecified atom stereocenters. The molecule has 0 bridgehead atoms. The molecule has 0 saturated carbocycles. The van der Waals surface area contributed by atoms with Crippen LogP contribution in [0.1, 0.15) is 12.7 Å². The lowest BCUT2D eigenvalue weighted by Crippen LogP contribution is -2.32. The number of sulfonamides is 1. The van der Waals surface area contributed by atoms with Gasteiger partial charge in [-0.2, -0.15) is 5.10 Å². The van der Waals surface area contributed by atoms with Gasteiger partial charge in [0.25, 0.3) is 0 Å². The predicted molar refractivity (Wildman–Crippen MR) is 76.2 cm³/mol. The van der Waals surface area contributed by atoms with Gasteiger partial charge in [0.15, 0.2) is 11.1 Å². The largest absolute Gasteiger partial charge is 0.480 e. The Morgan fingerprint density at radius 3 is 2.62 bits per heavy atom. The zero-order valence-corrected chi connectivity index (χ0v) is 12.2. The molecule has 1 atom stereocenters. The van der Waals surface area contributed by atoms with Gasteiger partial charge in [-0.1, -0.05) is 12.1 Å². The van der Waals surface area contributed by atoms with Crippen LogP contribution < -0.4 is 4.72 Å². The quantitative estimate of drug-likeness (QED) is 0.756. The number of hydrogen-bond donors (Lipinski definition) is 3. The summed E-state index contributed by atoms with van der Waals surface area (Å²) in [5.41, 5.74) is 0.688. The summed E-state index contributed by atoms with van der Waals surface area (Å²) in [5, 5.41) is 13.9. The Kier molecular flexibility index (Phi) is 3.94. The zero-order valence-electron chi connectivity index (χ0n) is 11.4. The molecule has 21 heavy (non-hydrogen) atoms. The third kappa shape index (κ3) is 3.19. The fourth-order valence-corrected chi connectivity index (χ4v) is 2.53. The number of H-pyrrole nitrogens is 1. The maximum absolute atomic E-state index is 12.0. The van der Waals surface area contributed by atoms with E-state index in [1.807, 2.05) is 0 Å². The molecule has 0 fully saturated rings. The van der Waals surface area contributed by atoms with Crippen LogP contribution in [0.4, 0.5) is 5.69 Å². The predicted octanol–water partition coefficient (Wildman–Crippen LogP) is 0.995. The minimum atomic E-state index is -4.05. The molecule has 1 aromatic carbocycles. The van der Waals surface area contributed by atoms with E-state index >= 15 is 0 Å². The van der Waals surface area contributed by atoms with Crippen LogP contribution in [-0.2, 0) is 14.8 Å². The normalized spacial score (nSPS) is 12.9. The van der Waals surface area contributed by atoms with E-state index in [1.165, 1.54) is 6.07 Å². The fourth-order valence-electron chi connectivity index (χ4n) is 1.60. The molecule has 0 radical (unpaired) electrons. The molecule has 0 amide bonds. The van der Waals surface area contributed by atoms with E-state index in [9.17, 15) is 13.2 Å². The minimum absolute atomic E-state index is 0.226. The van der Waals surface area contributed by atoms with Crippen molar-refractivity contribution >= 4 is 21.7 Å². The van der Waals surface area contributed by atoms with Crippen molar-refractivity contribution in [1.29, 1.82) is 0 Å². The van der Waals surface area contributed by atoms with Gasteiger partial charge in [0.05, 0.1) is 5.69 Å². The van der Waals surface area contributed by atoms with Gasteiger partial charge in [-0.25, -0.2) is 13.4 Å². The average molecular weight is 310 g/mol. The second kappa shape index (κ2) is 5.52.